The molecule has 20 heavy (non-hydrogen) atoms. The molecule has 0 spiro atoms. The Morgan fingerprint density at radius 2 is 2.20 bits per heavy atom. The number of hydrogen-bond acceptors (Lipinski definition) is 3. The lowest BCUT2D eigenvalue weighted by molar-refractivity contribution is 0.248. The van der Waals surface area contributed by atoms with Crippen LogP contribution in [0.3, 0.4) is 0 Å². The number of rotatable bonds is 2. The molecule has 0 aliphatic carbocycles. The molecule has 4 heteroatoms. The molecule has 0 amide bonds. The summed E-state index contributed by atoms with van der Waals surface area (Å²) in [7, 11) is 0. The molecule has 2 aliphatic heterocycles. The van der Waals surface area contributed by atoms with E-state index in [1.54, 1.807) is 0 Å². The Morgan fingerprint density at radius 3 is 3.00 bits per heavy atom. The zero-order chi connectivity index (χ0) is 13.9. The molecule has 1 atom stereocenters. The van der Waals surface area contributed by atoms with Gasteiger partial charge in [-0.1, -0.05) is 35.9 Å². The van der Waals surface area contributed by atoms with Crippen LogP contribution in [0.15, 0.2) is 46.2 Å². The van der Waals surface area contributed by atoms with Crippen molar-refractivity contribution in [1.29, 1.82) is 5.26 Å². The van der Waals surface area contributed by atoms with E-state index in [1.807, 2.05) is 36.0 Å². The fourth-order valence-corrected chi connectivity index (χ4v) is 3.86. The van der Waals surface area contributed by atoms with E-state index in [-0.39, 0.29) is 6.04 Å². The lowest BCUT2D eigenvalue weighted by atomic mass is 10.0. The maximum absolute atomic E-state index is 9.57. The second-order valence-corrected chi connectivity index (χ2v) is 6.40. The van der Waals surface area contributed by atoms with Crippen LogP contribution in [0, 0.1) is 11.3 Å². The van der Waals surface area contributed by atoms with E-state index in [9.17, 15) is 5.26 Å². The Labute approximate surface area is 128 Å². The molecule has 2 nitrogen and oxygen atoms in total. The fourth-order valence-electron chi connectivity index (χ4n) is 2.74. The second kappa shape index (κ2) is 6.05. The molecule has 0 unspecified atom stereocenters. The third kappa shape index (κ3) is 2.64. The largest absolute Gasteiger partial charge is 0.280 e. The number of hydrogen-bond donors (Lipinski definition) is 0. The van der Waals surface area contributed by atoms with Crippen molar-refractivity contribution in [2.45, 2.75) is 18.9 Å². The summed E-state index contributed by atoms with van der Waals surface area (Å²) in [5, 5.41) is 12.4. The van der Waals surface area contributed by atoms with Crippen molar-refractivity contribution in [1.82, 2.24) is 4.90 Å². The van der Waals surface area contributed by atoms with Crippen molar-refractivity contribution in [3.05, 3.63) is 56.8 Å². The molecule has 0 N–H and O–H groups in total. The van der Waals surface area contributed by atoms with Crippen molar-refractivity contribution in [2.75, 3.05) is 13.1 Å². The monoisotopic (exact) mass is 302 g/mol. The summed E-state index contributed by atoms with van der Waals surface area (Å²) in [5.41, 5.74) is 2.37. The van der Waals surface area contributed by atoms with E-state index in [1.165, 1.54) is 10.5 Å². The molecule has 2 heterocycles. The minimum absolute atomic E-state index is 0.256. The zero-order valence-electron chi connectivity index (χ0n) is 11.1. The first kappa shape index (κ1) is 13.8. The summed E-state index contributed by atoms with van der Waals surface area (Å²) < 4.78 is 0. The van der Waals surface area contributed by atoms with Gasteiger partial charge in [0.25, 0.3) is 0 Å². The average molecular weight is 303 g/mol. The molecule has 0 bridgehead atoms. The van der Waals surface area contributed by atoms with Crippen LogP contribution in [0.2, 0.25) is 5.02 Å². The Kier molecular flexibility index (Phi) is 4.16. The topological polar surface area (TPSA) is 27.0 Å². The standard InChI is InChI=1S/C16H15ClN2S/c17-14-6-2-1-5-13(14)15(10-18)19-8-7-16-12(11-19)4-3-9-20-16/h1-3,5-6,9,15H,4,7-8,11H2/t15-/m1/s1. The molecule has 0 radical (unpaired) electrons. The molecule has 1 aromatic carbocycles. The number of halogens is 1. The van der Waals surface area contributed by atoms with Gasteiger partial charge in [0, 0.05) is 23.7 Å². The predicted octanol–water partition coefficient (Wildman–Crippen LogP) is 4.52. The van der Waals surface area contributed by atoms with Crippen LogP contribution in [0.25, 0.3) is 0 Å². The summed E-state index contributed by atoms with van der Waals surface area (Å²) >= 11 is 8.08. The van der Waals surface area contributed by atoms with Crippen molar-refractivity contribution in [3.8, 4) is 6.07 Å². The number of nitrogens with zero attached hydrogens (tertiary/aromatic N) is 2. The smallest absolute Gasteiger partial charge is 0.125 e. The van der Waals surface area contributed by atoms with Crippen LogP contribution in [0.4, 0.5) is 0 Å². The highest BCUT2D eigenvalue weighted by molar-refractivity contribution is 8.05. The highest BCUT2D eigenvalue weighted by Crippen LogP contribution is 2.37. The molecule has 0 saturated heterocycles. The van der Waals surface area contributed by atoms with Crippen LogP contribution in [0.5, 0.6) is 0 Å². The Bertz CT molecular complexity index is 615. The first-order valence-corrected chi connectivity index (χ1v) is 7.96. The average Bonchev–Trinajstić information content (AvgIpc) is 2.50. The molecule has 102 valence electrons. The second-order valence-electron chi connectivity index (χ2n) is 4.99. The van der Waals surface area contributed by atoms with Crippen LogP contribution < -0.4 is 0 Å². The Morgan fingerprint density at radius 1 is 1.35 bits per heavy atom. The molecule has 2 aliphatic rings. The van der Waals surface area contributed by atoms with E-state index in [0.29, 0.717) is 5.02 Å². The van der Waals surface area contributed by atoms with Crippen molar-refractivity contribution in [2.24, 2.45) is 0 Å². The van der Waals surface area contributed by atoms with E-state index < -0.39 is 0 Å². The number of nitriles is 1. The number of thioether (sulfide) groups is 1. The van der Waals surface area contributed by atoms with Gasteiger partial charge in [-0.05, 0) is 34.8 Å². The maximum atomic E-state index is 9.57. The van der Waals surface area contributed by atoms with Gasteiger partial charge >= 0.3 is 0 Å². The van der Waals surface area contributed by atoms with Crippen LogP contribution in [-0.2, 0) is 0 Å². The Hall–Kier alpha value is -1.21. The molecule has 0 fully saturated rings. The van der Waals surface area contributed by atoms with Gasteiger partial charge in [0.15, 0.2) is 0 Å². The summed E-state index contributed by atoms with van der Waals surface area (Å²) in [6, 6.07) is 9.82. The normalized spacial score (nSPS) is 20.4. The lowest BCUT2D eigenvalue weighted by Crippen LogP contribution is -2.34. The molecule has 0 aromatic heterocycles. The highest BCUT2D eigenvalue weighted by Gasteiger charge is 2.27. The van der Waals surface area contributed by atoms with Gasteiger partial charge < -0.3 is 0 Å². The molecule has 3 rings (SSSR count). The van der Waals surface area contributed by atoms with Gasteiger partial charge in [-0.15, -0.1) is 11.8 Å². The Balaban J connectivity index is 1.84. The summed E-state index contributed by atoms with van der Waals surface area (Å²) in [6.45, 7) is 1.79. The third-order valence-corrected chi connectivity index (χ3v) is 5.22. The van der Waals surface area contributed by atoms with Crippen molar-refractivity contribution in [3.63, 3.8) is 0 Å². The van der Waals surface area contributed by atoms with Gasteiger partial charge in [0.2, 0.25) is 0 Å². The van der Waals surface area contributed by atoms with E-state index >= 15 is 0 Å². The molecular formula is C16H15ClN2S. The van der Waals surface area contributed by atoms with E-state index in [2.05, 4.69) is 22.5 Å². The van der Waals surface area contributed by atoms with Gasteiger partial charge in [0.1, 0.15) is 6.04 Å². The third-order valence-electron chi connectivity index (χ3n) is 3.77. The van der Waals surface area contributed by atoms with Crippen LogP contribution in [0.1, 0.15) is 24.4 Å². The molecule has 1 aromatic rings. The number of allylic oxidation sites excluding steroid dienone is 1. The van der Waals surface area contributed by atoms with Gasteiger partial charge in [-0.2, -0.15) is 5.26 Å². The van der Waals surface area contributed by atoms with Gasteiger partial charge in [-0.3, -0.25) is 4.90 Å². The SMILES string of the molecule is N#C[C@H](c1ccccc1Cl)N1CCC2=C(CC=CS2)C1. The van der Waals surface area contributed by atoms with Crippen molar-refractivity contribution < 1.29 is 0 Å². The van der Waals surface area contributed by atoms with Crippen LogP contribution >= 0.6 is 23.4 Å². The lowest BCUT2D eigenvalue weighted by Gasteiger charge is -2.34. The highest BCUT2D eigenvalue weighted by atomic mass is 35.5. The van der Waals surface area contributed by atoms with E-state index in [0.717, 1.165) is 31.5 Å². The minimum Gasteiger partial charge on any atom is -0.280 e. The fraction of sp³-hybridized carbons (Fsp3) is 0.312. The number of benzene rings is 1. The minimum atomic E-state index is -0.256. The van der Waals surface area contributed by atoms with Gasteiger partial charge in [-0.25, -0.2) is 0 Å². The first-order chi connectivity index (χ1) is 9.79. The molecular weight excluding hydrogens is 288 g/mol. The summed E-state index contributed by atoms with van der Waals surface area (Å²) in [6.07, 6.45) is 4.25. The summed E-state index contributed by atoms with van der Waals surface area (Å²) in [5.74, 6) is 0. The molecule has 0 saturated carbocycles. The quantitative estimate of drug-likeness (QED) is 0.804. The van der Waals surface area contributed by atoms with Crippen LogP contribution in [-0.4, -0.2) is 18.0 Å². The predicted molar refractivity (Wildman–Crippen MR) is 84.4 cm³/mol. The van der Waals surface area contributed by atoms with Crippen molar-refractivity contribution >= 4 is 23.4 Å². The zero-order valence-corrected chi connectivity index (χ0v) is 12.6. The maximum Gasteiger partial charge on any atom is 0.125 e. The van der Waals surface area contributed by atoms with Gasteiger partial charge in [0.05, 0.1) is 6.07 Å². The first-order valence-electron chi connectivity index (χ1n) is 6.70. The van der Waals surface area contributed by atoms with E-state index in [4.69, 9.17) is 11.6 Å². The summed E-state index contributed by atoms with van der Waals surface area (Å²) in [4.78, 5) is 3.72.